The van der Waals surface area contributed by atoms with Crippen LogP contribution in [0.3, 0.4) is 0 Å². The number of nitrogens with zero attached hydrogens (tertiary/aromatic N) is 7. The van der Waals surface area contributed by atoms with Gasteiger partial charge >= 0.3 is 6.01 Å². The van der Waals surface area contributed by atoms with Crippen molar-refractivity contribution in [2.24, 2.45) is 0 Å². The summed E-state index contributed by atoms with van der Waals surface area (Å²) in [4.78, 5) is 34.7. The molecule has 0 bridgehead atoms. The summed E-state index contributed by atoms with van der Waals surface area (Å²) in [6, 6.07) is 15.4. The summed E-state index contributed by atoms with van der Waals surface area (Å²) in [5.41, 5.74) is 3.24. The quantitative estimate of drug-likeness (QED) is 0.311. The first kappa shape index (κ1) is 28.9. The average molecular weight is 582 g/mol. The molecule has 2 saturated heterocycles. The molecular formula is C33H39N7O3. The van der Waals surface area contributed by atoms with E-state index in [0.29, 0.717) is 51.4 Å². The van der Waals surface area contributed by atoms with E-state index in [9.17, 15) is 4.79 Å². The van der Waals surface area contributed by atoms with Gasteiger partial charge in [0.1, 0.15) is 24.6 Å². The van der Waals surface area contributed by atoms with Crippen LogP contribution in [0.25, 0.3) is 15.6 Å². The number of amides is 1. The predicted octanol–water partition coefficient (Wildman–Crippen LogP) is 3.41. The number of fused-ring (bicyclic) bond motifs is 2. The van der Waals surface area contributed by atoms with Crippen LogP contribution in [0.2, 0.25) is 0 Å². The summed E-state index contributed by atoms with van der Waals surface area (Å²) in [6.45, 7) is 18.5. The summed E-state index contributed by atoms with van der Waals surface area (Å²) >= 11 is 0. The Kier molecular flexibility index (Phi) is 8.45. The number of hydrogen-bond donors (Lipinski definition) is 0. The Hall–Kier alpha value is -4.20. The highest BCUT2D eigenvalue weighted by atomic mass is 16.5. The Morgan fingerprint density at radius 2 is 1.98 bits per heavy atom. The summed E-state index contributed by atoms with van der Waals surface area (Å²) in [6.07, 6.45) is 2.05. The van der Waals surface area contributed by atoms with Crippen molar-refractivity contribution in [1.29, 1.82) is 0 Å². The molecule has 0 unspecified atom stereocenters. The van der Waals surface area contributed by atoms with Crippen LogP contribution in [0.1, 0.15) is 18.2 Å². The molecule has 4 heterocycles. The minimum Gasteiger partial charge on any atom is -0.461 e. The molecule has 10 nitrogen and oxygen atoms in total. The zero-order valence-electron chi connectivity index (χ0n) is 25.0. The molecule has 1 amide bonds. The van der Waals surface area contributed by atoms with Crippen molar-refractivity contribution >= 4 is 28.2 Å². The maximum absolute atomic E-state index is 12.5. The topological polar surface area (TPSA) is 78.6 Å². The van der Waals surface area contributed by atoms with E-state index in [0.717, 1.165) is 36.6 Å². The molecule has 0 spiro atoms. The molecule has 0 radical (unpaired) electrons. The lowest BCUT2D eigenvalue weighted by Gasteiger charge is -2.41. The first-order chi connectivity index (χ1) is 20.9. The van der Waals surface area contributed by atoms with Crippen LogP contribution in [0.5, 0.6) is 6.01 Å². The van der Waals surface area contributed by atoms with Crippen molar-refractivity contribution < 1.29 is 14.3 Å². The molecular weight excluding hydrogens is 542 g/mol. The highest BCUT2D eigenvalue weighted by molar-refractivity contribution is 5.94. The Bertz CT molecular complexity index is 1530. The fourth-order valence-corrected chi connectivity index (χ4v) is 6.35. The molecule has 3 aromatic rings. The van der Waals surface area contributed by atoms with Crippen molar-refractivity contribution in [3.63, 3.8) is 0 Å². The van der Waals surface area contributed by atoms with Crippen LogP contribution in [0.4, 0.5) is 11.5 Å². The lowest BCUT2D eigenvalue weighted by atomic mass is 10.0. The number of piperazine rings is 1. The predicted molar refractivity (Wildman–Crippen MR) is 167 cm³/mol. The molecule has 0 N–H and O–H groups in total. The van der Waals surface area contributed by atoms with Crippen LogP contribution in [0, 0.1) is 6.57 Å². The average Bonchev–Trinajstić information content (AvgIpc) is 3.04. The SMILES string of the molecule is [C-]#[N+]C[C@H]1CN(c2nc(OC[C@H]3CN(C)[C@H](C)CO3)nc3c2CCN(c2cccc4ccccc24)C3)CCN1C(=O)C=C. The summed E-state index contributed by atoms with van der Waals surface area (Å²) in [5, 5.41) is 2.43. The van der Waals surface area contributed by atoms with Crippen LogP contribution in [-0.4, -0.2) is 103 Å². The van der Waals surface area contributed by atoms with E-state index in [1.807, 2.05) is 0 Å². The number of hydrogen-bond acceptors (Lipinski definition) is 8. The standard InChI is InChI=1S/C33H39N7O3/c1-5-31(41)40-16-15-39(18-25(40)17-34-3)32-28-13-14-38(30-12-8-10-24-9-6-7-11-27(24)30)20-29(28)35-33(36-32)43-22-26-19-37(4)23(2)21-42-26/h5-12,23,25-26H,1,13-22H2,2,4H3/t23-,25+,26-/m1/s1. The molecule has 0 aliphatic carbocycles. The van der Waals surface area contributed by atoms with Crippen molar-refractivity contribution in [1.82, 2.24) is 19.8 Å². The van der Waals surface area contributed by atoms with Crippen molar-refractivity contribution in [3.05, 3.63) is 77.8 Å². The molecule has 3 aliphatic rings. The smallest absolute Gasteiger partial charge is 0.318 e. The number of rotatable bonds is 7. The second-order valence-electron chi connectivity index (χ2n) is 11.7. The van der Waals surface area contributed by atoms with Crippen molar-refractivity contribution in [2.45, 2.75) is 38.1 Å². The molecule has 43 heavy (non-hydrogen) atoms. The summed E-state index contributed by atoms with van der Waals surface area (Å²) < 4.78 is 12.3. The Morgan fingerprint density at radius 3 is 2.79 bits per heavy atom. The third-order valence-corrected chi connectivity index (χ3v) is 8.89. The first-order valence-electron chi connectivity index (χ1n) is 15.0. The fourth-order valence-electron chi connectivity index (χ4n) is 6.35. The van der Waals surface area contributed by atoms with Crippen LogP contribution < -0.4 is 14.5 Å². The van der Waals surface area contributed by atoms with E-state index in [2.05, 4.69) is 82.6 Å². The number of carbonyl (C=O) groups excluding carboxylic acids is 1. The molecule has 224 valence electrons. The number of ether oxygens (including phenoxy) is 2. The molecule has 10 heteroatoms. The van der Waals surface area contributed by atoms with E-state index in [1.54, 1.807) is 4.90 Å². The van der Waals surface area contributed by atoms with Gasteiger partial charge in [-0.15, -0.1) is 0 Å². The Morgan fingerprint density at radius 1 is 1.14 bits per heavy atom. The maximum Gasteiger partial charge on any atom is 0.318 e. The number of carbonyl (C=O) groups is 1. The zero-order valence-corrected chi connectivity index (χ0v) is 25.0. The highest BCUT2D eigenvalue weighted by Crippen LogP contribution is 2.34. The second kappa shape index (κ2) is 12.6. The molecule has 1 aromatic heterocycles. The molecule has 0 saturated carbocycles. The minimum absolute atomic E-state index is 0.0621. The number of morpholine rings is 1. The van der Waals surface area contributed by atoms with Crippen LogP contribution in [-0.2, 0) is 22.5 Å². The Balaban J connectivity index is 1.31. The van der Waals surface area contributed by atoms with Crippen molar-refractivity contribution in [3.8, 4) is 6.01 Å². The van der Waals surface area contributed by atoms with E-state index < -0.39 is 0 Å². The van der Waals surface area contributed by atoms with E-state index >= 15 is 0 Å². The van der Waals surface area contributed by atoms with Gasteiger partial charge in [0.05, 0.1) is 18.8 Å². The molecule has 3 aliphatic heterocycles. The van der Waals surface area contributed by atoms with Gasteiger partial charge in [0, 0.05) is 55.4 Å². The van der Waals surface area contributed by atoms with Gasteiger partial charge in [-0.2, -0.15) is 9.97 Å². The molecule has 2 aromatic carbocycles. The largest absolute Gasteiger partial charge is 0.461 e. The number of likely N-dealkylation sites (N-methyl/N-ethyl adjacent to an activating group) is 1. The fraction of sp³-hybridized carbons (Fsp3) is 0.455. The van der Waals surface area contributed by atoms with Crippen molar-refractivity contribution in [2.75, 3.05) is 69.3 Å². The number of aromatic nitrogens is 2. The first-order valence-corrected chi connectivity index (χ1v) is 15.0. The monoisotopic (exact) mass is 581 g/mol. The molecule has 6 rings (SSSR count). The van der Waals surface area contributed by atoms with Gasteiger partial charge in [-0.05, 0) is 37.9 Å². The lowest BCUT2D eigenvalue weighted by Crippen LogP contribution is -2.56. The highest BCUT2D eigenvalue weighted by Gasteiger charge is 2.35. The van der Waals surface area contributed by atoms with Crippen LogP contribution >= 0.6 is 0 Å². The van der Waals surface area contributed by atoms with Gasteiger partial charge in [0.15, 0.2) is 0 Å². The maximum atomic E-state index is 12.5. The van der Waals surface area contributed by atoms with E-state index in [4.69, 9.17) is 26.0 Å². The summed E-state index contributed by atoms with van der Waals surface area (Å²) in [5.74, 6) is 0.702. The van der Waals surface area contributed by atoms with Gasteiger partial charge in [0.25, 0.3) is 0 Å². The molecule has 2 fully saturated rings. The zero-order chi connectivity index (χ0) is 29.9. The minimum atomic E-state index is -0.240. The van der Waals surface area contributed by atoms with Gasteiger partial charge in [-0.1, -0.05) is 43.0 Å². The third kappa shape index (κ3) is 6.01. The van der Waals surface area contributed by atoms with Gasteiger partial charge < -0.3 is 29.0 Å². The number of benzene rings is 2. The third-order valence-electron chi connectivity index (χ3n) is 8.89. The normalized spacial score (nSPS) is 22.6. The molecule has 3 atom stereocenters. The van der Waals surface area contributed by atoms with E-state index in [1.165, 1.54) is 22.5 Å². The van der Waals surface area contributed by atoms with Gasteiger partial charge in [-0.25, -0.2) is 6.57 Å². The van der Waals surface area contributed by atoms with Gasteiger partial charge in [-0.3, -0.25) is 9.69 Å². The van der Waals surface area contributed by atoms with Gasteiger partial charge in [0.2, 0.25) is 12.5 Å². The Labute approximate surface area is 253 Å². The lowest BCUT2D eigenvalue weighted by molar-refractivity contribution is -0.128. The summed E-state index contributed by atoms with van der Waals surface area (Å²) in [7, 11) is 2.10. The van der Waals surface area contributed by atoms with E-state index in [-0.39, 0.29) is 24.6 Å². The van der Waals surface area contributed by atoms with Crippen LogP contribution in [0.15, 0.2) is 55.1 Å². The second-order valence-corrected chi connectivity index (χ2v) is 11.7. The number of anilines is 2.